The van der Waals surface area contributed by atoms with Crippen LogP contribution >= 0.6 is 0 Å². The molecule has 0 fully saturated rings. The third kappa shape index (κ3) is 7.44. The van der Waals surface area contributed by atoms with Crippen LogP contribution in [0.3, 0.4) is 0 Å². The van der Waals surface area contributed by atoms with Gasteiger partial charge in [0, 0.05) is 17.8 Å². The highest BCUT2D eigenvalue weighted by atomic mass is 16.5. The first-order chi connectivity index (χ1) is 27.6. The molecule has 0 radical (unpaired) electrons. The van der Waals surface area contributed by atoms with Crippen molar-refractivity contribution in [3.63, 3.8) is 0 Å². The van der Waals surface area contributed by atoms with Gasteiger partial charge in [0.25, 0.3) is 6.20 Å². The molecule has 8 aromatic rings. The summed E-state index contributed by atoms with van der Waals surface area (Å²) in [6.07, 6.45) is 5.81. The third-order valence-corrected chi connectivity index (χ3v) is 9.67. The Morgan fingerprint density at radius 2 is 0.982 bits per heavy atom. The molecular formula is C51H37N3O2+2. The monoisotopic (exact) mass is 723 g/mol. The van der Waals surface area contributed by atoms with Crippen molar-refractivity contribution >= 4 is 11.7 Å². The molecule has 0 amide bonds. The van der Waals surface area contributed by atoms with Crippen LogP contribution in [-0.4, -0.2) is 27.2 Å². The van der Waals surface area contributed by atoms with Crippen LogP contribution < -0.4 is 9.47 Å². The van der Waals surface area contributed by atoms with E-state index >= 15 is 0 Å². The summed E-state index contributed by atoms with van der Waals surface area (Å²) < 4.78 is 16.8. The first kappa shape index (κ1) is 34.2. The van der Waals surface area contributed by atoms with Gasteiger partial charge in [-0.3, -0.25) is 4.98 Å². The van der Waals surface area contributed by atoms with Gasteiger partial charge in [-0.15, -0.1) is 0 Å². The average molecular weight is 724 g/mol. The van der Waals surface area contributed by atoms with Crippen molar-refractivity contribution in [1.82, 2.24) is 4.98 Å². The summed E-state index contributed by atoms with van der Waals surface area (Å²) in [5, 5.41) is 0. The summed E-state index contributed by atoms with van der Waals surface area (Å²) in [5.41, 5.74) is 11.4. The molecule has 0 saturated heterocycles. The Balaban J connectivity index is 1.19. The van der Waals surface area contributed by atoms with Crippen molar-refractivity contribution < 1.29 is 18.6 Å². The van der Waals surface area contributed by atoms with Crippen LogP contribution in [0, 0.1) is 0 Å². The van der Waals surface area contributed by atoms with Crippen LogP contribution in [0.1, 0.15) is 0 Å². The number of aromatic nitrogens is 1. The van der Waals surface area contributed by atoms with E-state index in [1.165, 1.54) is 0 Å². The molecule has 5 heteroatoms. The summed E-state index contributed by atoms with van der Waals surface area (Å²) in [7, 11) is 1.96. The molecule has 5 nitrogen and oxygen atoms in total. The van der Waals surface area contributed by atoms with Gasteiger partial charge in [0.05, 0.1) is 11.8 Å². The summed E-state index contributed by atoms with van der Waals surface area (Å²) in [5.74, 6) is 2.97. The lowest BCUT2D eigenvalue weighted by Crippen LogP contribution is -1.95. The fourth-order valence-electron chi connectivity index (χ4n) is 7.04. The van der Waals surface area contributed by atoms with E-state index in [4.69, 9.17) is 14.5 Å². The van der Waals surface area contributed by atoms with Gasteiger partial charge in [-0.1, -0.05) is 124 Å². The molecule has 0 bridgehead atoms. The molecule has 7 aromatic carbocycles. The van der Waals surface area contributed by atoms with Crippen molar-refractivity contribution in [1.29, 1.82) is 0 Å². The molecule has 1 aliphatic rings. The zero-order valence-corrected chi connectivity index (χ0v) is 30.8. The Hall–Kier alpha value is -7.59. The number of nitrogens with zero attached hydrogens (tertiary/aromatic N) is 3. The van der Waals surface area contributed by atoms with E-state index in [9.17, 15) is 0 Å². The number of para-hydroxylation sites is 1. The molecule has 0 spiro atoms. The maximum atomic E-state index is 6.77. The van der Waals surface area contributed by atoms with E-state index in [0.717, 1.165) is 73.0 Å². The Morgan fingerprint density at radius 1 is 0.429 bits per heavy atom. The van der Waals surface area contributed by atoms with Crippen molar-refractivity contribution in [3.05, 3.63) is 207 Å². The van der Waals surface area contributed by atoms with E-state index in [1.54, 1.807) is 0 Å². The summed E-state index contributed by atoms with van der Waals surface area (Å²) in [6.45, 7) is 0. The SMILES string of the molecule is C[N+]1=C=[N+](c2cccc(Oc3cc(-c4cc(-c5cccc(Oc6ccccc6)c5)ccn4)cc(-c4c(-c5ccccc5)cccc4-c4ccccc4)c3)c2)C=C1. The lowest BCUT2D eigenvalue weighted by atomic mass is 9.86. The summed E-state index contributed by atoms with van der Waals surface area (Å²) in [4.78, 5) is 4.93. The molecule has 0 saturated carbocycles. The lowest BCUT2D eigenvalue weighted by Gasteiger charge is -2.18. The topological polar surface area (TPSA) is 37.4 Å². The third-order valence-electron chi connectivity index (χ3n) is 9.67. The molecule has 1 aromatic heterocycles. The van der Waals surface area contributed by atoms with Gasteiger partial charge in [-0.25, -0.2) is 0 Å². The minimum atomic E-state index is 0.698. The fourth-order valence-corrected chi connectivity index (χ4v) is 7.04. The second-order valence-electron chi connectivity index (χ2n) is 13.6. The van der Waals surface area contributed by atoms with Gasteiger partial charge in [-0.2, -0.15) is 0 Å². The maximum absolute atomic E-state index is 6.77. The molecule has 0 unspecified atom stereocenters. The first-order valence-electron chi connectivity index (χ1n) is 18.6. The highest BCUT2D eigenvalue weighted by molar-refractivity contribution is 5.96. The first-order valence-corrected chi connectivity index (χ1v) is 18.6. The number of pyridine rings is 1. The van der Waals surface area contributed by atoms with Crippen molar-refractivity contribution in [2.45, 2.75) is 0 Å². The number of ether oxygens (including phenoxy) is 2. The molecule has 0 N–H and O–H groups in total. The van der Waals surface area contributed by atoms with Gasteiger partial charge in [-0.05, 0) is 105 Å². The number of hydrogen-bond donors (Lipinski definition) is 0. The van der Waals surface area contributed by atoms with Crippen LogP contribution in [0.2, 0.25) is 0 Å². The van der Waals surface area contributed by atoms with Crippen LogP contribution in [0.4, 0.5) is 5.69 Å². The number of hydrogen-bond acceptors (Lipinski definition) is 3. The molecule has 56 heavy (non-hydrogen) atoms. The van der Waals surface area contributed by atoms with Gasteiger partial charge in [0.15, 0.2) is 7.05 Å². The van der Waals surface area contributed by atoms with E-state index in [0.29, 0.717) is 11.5 Å². The predicted molar refractivity (Wildman–Crippen MR) is 225 cm³/mol. The molecule has 1 aliphatic heterocycles. The van der Waals surface area contributed by atoms with Gasteiger partial charge in [0.2, 0.25) is 11.9 Å². The van der Waals surface area contributed by atoms with E-state index in [1.807, 2.05) is 108 Å². The molecule has 9 rings (SSSR count). The minimum Gasteiger partial charge on any atom is -0.457 e. The largest absolute Gasteiger partial charge is 0.495 e. The fraction of sp³-hybridized carbons (Fsp3) is 0.0196. The van der Waals surface area contributed by atoms with Gasteiger partial charge < -0.3 is 9.47 Å². The Labute approximate surface area is 326 Å². The van der Waals surface area contributed by atoms with Crippen molar-refractivity contribution in [3.8, 4) is 78.8 Å². The number of rotatable bonds is 10. The highest BCUT2D eigenvalue weighted by Gasteiger charge is 2.19. The smallest absolute Gasteiger partial charge is 0.457 e. The Morgan fingerprint density at radius 3 is 1.68 bits per heavy atom. The second-order valence-corrected chi connectivity index (χ2v) is 13.6. The summed E-state index contributed by atoms with van der Waals surface area (Å²) >= 11 is 0. The molecular weight excluding hydrogens is 687 g/mol. The minimum absolute atomic E-state index is 0.698. The van der Waals surface area contributed by atoms with E-state index < -0.39 is 0 Å². The lowest BCUT2D eigenvalue weighted by molar-refractivity contribution is -0.429. The van der Waals surface area contributed by atoms with Crippen LogP contribution in [0.5, 0.6) is 23.0 Å². The Kier molecular flexibility index (Phi) is 9.41. The van der Waals surface area contributed by atoms with Gasteiger partial charge in [0.1, 0.15) is 23.0 Å². The maximum Gasteiger partial charge on any atom is 0.495 e. The second kappa shape index (κ2) is 15.4. The quantitative estimate of drug-likeness (QED) is 0.132. The van der Waals surface area contributed by atoms with Gasteiger partial charge >= 0.3 is 6.01 Å². The zero-order valence-electron chi connectivity index (χ0n) is 30.8. The van der Waals surface area contributed by atoms with Crippen molar-refractivity contribution in [2.24, 2.45) is 0 Å². The van der Waals surface area contributed by atoms with Crippen LogP contribution in [0.25, 0.3) is 55.8 Å². The van der Waals surface area contributed by atoms with E-state index in [2.05, 4.69) is 121 Å². The van der Waals surface area contributed by atoms with Crippen LogP contribution in [-0.2, 0) is 0 Å². The number of benzene rings is 7. The molecule has 2 heterocycles. The Bertz CT molecular complexity index is 2730. The molecule has 0 aliphatic carbocycles. The predicted octanol–water partition coefficient (Wildman–Crippen LogP) is 12.9. The average Bonchev–Trinajstić information content (AvgIpc) is 3.70. The standard InChI is InChI=1S/C51H37N3O2/c1-53-28-29-54(36-53)43-19-12-23-46(35-43)56-47-32-41(50-34-40(26-27-52-50)39-18-11-22-45(31-39)55-44-20-9-4-10-21-44)30-42(33-47)51-48(37-14-5-2-6-15-37)24-13-25-49(51)38-16-7-3-8-17-38/h2-35H,1H3/q+2. The molecule has 266 valence electrons. The highest BCUT2D eigenvalue weighted by Crippen LogP contribution is 2.43. The van der Waals surface area contributed by atoms with E-state index in [-0.39, 0.29) is 0 Å². The normalized spacial score (nSPS) is 11.9. The van der Waals surface area contributed by atoms with Crippen LogP contribution in [0.15, 0.2) is 207 Å². The van der Waals surface area contributed by atoms with Crippen molar-refractivity contribution in [2.75, 3.05) is 7.05 Å². The summed E-state index contributed by atoms with van der Waals surface area (Å²) in [6, 6.07) is 67.6. The zero-order chi connectivity index (χ0) is 37.7. The molecule has 0 atom stereocenters.